The number of carbonyl (C=O) groups excluding carboxylic acids is 1. The molecule has 0 radical (unpaired) electrons. The summed E-state index contributed by atoms with van der Waals surface area (Å²) in [6.07, 6.45) is 0.945. The van der Waals surface area contributed by atoms with Crippen molar-refractivity contribution in [2.75, 3.05) is 0 Å². The van der Waals surface area contributed by atoms with Crippen molar-refractivity contribution in [1.82, 2.24) is 9.97 Å². The number of aromatic carboxylic acids is 1. The van der Waals surface area contributed by atoms with Crippen LogP contribution in [0.1, 0.15) is 9.67 Å². The molecular weight excluding hydrogens is 325 g/mol. The highest BCUT2D eigenvalue weighted by molar-refractivity contribution is 7.87. The lowest BCUT2D eigenvalue weighted by Gasteiger charge is -2.07. The van der Waals surface area contributed by atoms with E-state index in [4.69, 9.17) is 0 Å². The Morgan fingerprint density at radius 1 is 1.40 bits per heavy atom. The number of rotatable bonds is 3. The van der Waals surface area contributed by atoms with Gasteiger partial charge in [0.15, 0.2) is 0 Å². The van der Waals surface area contributed by atoms with Gasteiger partial charge >= 0.3 is 21.6 Å². The summed E-state index contributed by atoms with van der Waals surface area (Å²) >= 11 is 0.723. The summed E-state index contributed by atoms with van der Waals surface area (Å²) < 4.78 is 61.7. The second kappa shape index (κ2) is 4.56. The fraction of sp³-hybridized carbons (Fsp3) is 0.125. The van der Waals surface area contributed by atoms with Crippen molar-refractivity contribution in [3.63, 3.8) is 0 Å². The number of hydrogen-bond donors (Lipinski definition) is 0. The summed E-state index contributed by atoms with van der Waals surface area (Å²) in [4.78, 5) is 17.0. The second-order valence-electron chi connectivity index (χ2n) is 3.28. The molecule has 0 aliphatic heterocycles. The van der Waals surface area contributed by atoms with Crippen LogP contribution in [0.15, 0.2) is 12.3 Å². The molecule has 0 saturated heterocycles. The highest BCUT2D eigenvalue weighted by Crippen LogP contribution is 2.28. The van der Waals surface area contributed by atoms with Crippen LogP contribution >= 0.6 is 11.3 Å². The van der Waals surface area contributed by atoms with E-state index in [0.717, 1.165) is 23.6 Å². The average Bonchev–Trinajstić information content (AvgIpc) is 2.69. The second-order valence-corrected chi connectivity index (χ2v) is 5.90. The molecule has 0 aromatic carbocycles. The Kier molecular flexibility index (Phi) is 3.29. The summed E-state index contributed by atoms with van der Waals surface area (Å²) in [7, 11) is -5.88. The Morgan fingerprint density at radius 2 is 2.05 bits per heavy atom. The third kappa shape index (κ3) is 2.65. The molecule has 0 amide bonds. The van der Waals surface area contributed by atoms with E-state index in [9.17, 15) is 31.5 Å². The smallest absolute Gasteiger partial charge is 0.534 e. The Hall–Kier alpha value is -1.95. The summed E-state index contributed by atoms with van der Waals surface area (Å²) in [6, 6.07) is -0.0538. The van der Waals surface area contributed by atoms with Crippen LogP contribution in [-0.4, -0.2) is 29.9 Å². The first kappa shape index (κ1) is 14.5. The zero-order valence-corrected chi connectivity index (χ0v) is 10.7. The van der Waals surface area contributed by atoms with E-state index in [0.29, 0.717) is 0 Å². The lowest BCUT2D eigenvalue weighted by atomic mass is 10.4. The minimum atomic E-state index is -5.88. The molecule has 2 aromatic rings. The maximum Gasteiger partial charge on any atom is 0.534 e. The van der Waals surface area contributed by atoms with Crippen LogP contribution in [0.5, 0.6) is 6.01 Å². The molecule has 0 N–H and O–H groups in total. The van der Waals surface area contributed by atoms with Crippen molar-refractivity contribution in [2.45, 2.75) is 5.51 Å². The van der Waals surface area contributed by atoms with Crippen LogP contribution in [0.4, 0.5) is 13.2 Å². The van der Waals surface area contributed by atoms with Crippen LogP contribution in [0.2, 0.25) is 0 Å². The van der Waals surface area contributed by atoms with Gasteiger partial charge in [0.05, 0.1) is 27.3 Å². The number of hydrogen-bond acceptors (Lipinski definition) is 8. The highest BCUT2D eigenvalue weighted by Gasteiger charge is 2.49. The molecule has 2 heterocycles. The van der Waals surface area contributed by atoms with E-state index >= 15 is 0 Å². The van der Waals surface area contributed by atoms with Gasteiger partial charge in [0.25, 0.3) is 0 Å². The number of aromatic nitrogens is 2. The molecular formula is C8H2F3N2O5S2-. The first-order valence-electron chi connectivity index (χ1n) is 4.59. The summed E-state index contributed by atoms with van der Waals surface area (Å²) in [6.45, 7) is 0. The maximum atomic E-state index is 12.1. The minimum absolute atomic E-state index is 0.0726. The molecule has 7 nitrogen and oxygen atoms in total. The first-order chi connectivity index (χ1) is 9.10. The molecule has 0 spiro atoms. The van der Waals surface area contributed by atoms with Gasteiger partial charge in [0.1, 0.15) is 0 Å². The van der Waals surface area contributed by atoms with Gasteiger partial charge in [-0.1, -0.05) is 0 Å². The highest BCUT2D eigenvalue weighted by atomic mass is 32.2. The fourth-order valence-corrected chi connectivity index (χ4v) is 2.28. The third-order valence-corrected chi connectivity index (χ3v) is 3.89. The largest absolute Gasteiger partial charge is 0.544 e. The topological polar surface area (TPSA) is 109 Å². The normalized spacial score (nSPS) is 12.6. The number of carboxylic acids is 1. The van der Waals surface area contributed by atoms with Gasteiger partial charge in [0.2, 0.25) is 0 Å². The number of nitrogens with zero attached hydrogens (tertiary/aromatic N) is 2. The van der Waals surface area contributed by atoms with Crippen LogP contribution in [-0.2, 0) is 10.1 Å². The summed E-state index contributed by atoms with van der Waals surface area (Å²) in [5.74, 6) is -1.50. The van der Waals surface area contributed by atoms with Crippen molar-refractivity contribution >= 4 is 37.6 Å². The number of fused-ring (bicyclic) bond motifs is 1. The van der Waals surface area contributed by atoms with Crippen LogP contribution < -0.4 is 9.29 Å². The quantitative estimate of drug-likeness (QED) is 0.588. The lowest BCUT2D eigenvalue weighted by Crippen LogP contribution is -2.28. The standard InChI is InChI=1S/C8H3F3N2O5S2/c9-8(10,11)20(16,17)18-7-12-2-5-3(13-7)1-4(19-5)6(14)15/h1-2H,(H,14,15)/p-1. The van der Waals surface area contributed by atoms with Gasteiger partial charge in [-0.2, -0.15) is 26.6 Å². The van der Waals surface area contributed by atoms with Gasteiger partial charge in [-0.05, 0) is 6.07 Å². The molecule has 2 rings (SSSR count). The van der Waals surface area contributed by atoms with E-state index in [1.54, 1.807) is 0 Å². The van der Waals surface area contributed by atoms with Crippen LogP contribution in [0.3, 0.4) is 0 Å². The zero-order chi connectivity index (χ0) is 15.1. The third-order valence-electron chi connectivity index (χ3n) is 1.92. The van der Waals surface area contributed by atoms with Gasteiger partial charge in [-0.25, -0.2) is 4.98 Å². The van der Waals surface area contributed by atoms with E-state index in [2.05, 4.69) is 14.2 Å². The number of alkyl halides is 3. The van der Waals surface area contributed by atoms with Gasteiger partial charge in [0, 0.05) is 0 Å². The SMILES string of the molecule is O=C([O-])c1cc2nc(OS(=O)(=O)C(F)(F)F)ncc2s1. The molecule has 0 fully saturated rings. The Balaban J connectivity index is 2.40. The predicted molar refractivity (Wildman–Crippen MR) is 57.3 cm³/mol. The molecule has 12 heteroatoms. The van der Waals surface area contributed by atoms with E-state index < -0.39 is 27.6 Å². The molecule has 0 aliphatic rings. The molecule has 0 unspecified atom stereocenters. The monoisotopic (exact) mass is 327 g/mol. The van der Waals surface area contributed by atoms with Crippen molar-refractivity contribution in [1.29, 1.82) is 0 Å². The number of halogens is 3. The van der Waals surface area contributed by atoms with Crippen molar-refractivity contribution < 1.29 is 35.7 Å². The minimum Gasteiger partial charge on any atom is -0.544 e. The fourth-order valence-electron chi connectivity index (χ4n) is 1.11. The molecule has 0 aliphatic carbocycles. The predicted octanol–water partition coefficient (Wildman–Crippen LogP) is 0.283. The van der Waals surface area contributed by atoms with Crippen molar-refractivity contribution in [2.24, 2.45) is 0 Å². The van der Waals surface area contributed by atoms with E-state index in [1.165, 1.54) is 0 Å². The Morgan fingerprint density at radius 3 is 2.60 bits per heavy atom. The molecule has 0 bridgehead atoms. The van der Waals surface area contributed by atoms with Gasteiger partial charge in [-0.3, -0.25) is 0 Å². The molecule has 20 heavy (non-hydrogen) atoms. The van der Waals surface area contributed by atoms with Crippen LogP contribution in [0.25, 0.3) is 10.2 Å². The van der Waals surface area contributed by atoms with Crippen molar-refractivity contribution in [3.05, 3.63) is 17.1 Å². The Labute approximate surface area is 112 Å². The van der Waals surface area contributed by atoms with E-state index in [-0.39, 0.29) is 15.1 Å². The number of thiophene rings is 1. The number of carboxylic acid groups (broad SMARTS) is 1. The maximum absolute atomic E-state index is 12.1. The number of carbonyl (C=O) groups is 1. The van der Waals surface area contributed by atoms with Gasteiger partial charge < -0.3 is 14.1 Å². The summed E-state index contributed by atoms with van der Waals surface area (Å²) in [5, 5.41) is 10.6. The molecule has 2 aromatic heterocycles. The molecule has 0 atom stereocenters. The summed E-state index contributed by atoms with van der Waals surface area (Å²) in [5.41, 5.74) is -5.69. The van der Waals surface area contributed by atoms with E-state index in [1.807, 2.05) is 0 Å². The lowest BCUT2D eigenvalue weighted by molar-refractivity contribution is -0.254. The average molecular weight is 327 g/mol. The van der Waals surface area contributed by atoms with Crippen molar-refractivity contribution in [3.8, 4) is 6.01 Å². The zero-order valence-electron chi connectivity index (χ0n) is 9.04. The first-order valence-corrected chi connectivity index (χ1v) is 6.81. The van der Waals surface area contributed by atoms with Crippen LogP contribution in [0, 0.1) is 0 Å². The molecule has 0 saturated carbocycles. The molecule has 108 valence electrons. The Bertz CT molecular complexity index is 783. The van der Waals surface area contributed by atoms with Gasteiger partial charge in [-0.15, -0.1) is 11.3 Å².